The second kappa shape index (κ2) is 8.41. The van der Waals surface area contributed by atoms with Crippen LogP contribution in [0, 0.1) is 0 Å². The number of rotatable bonds is 7. The largest absolute Gasteiger partial charge is 0.356 e. The molecule has 1 atom stereocenters. The third-order valence-corrected chi connectivity index (χ3v) is 4.98. The van der Waals surface area contributed by atoms with Gasteiger partial charge in [-0.25, -0.2) is 0 Å². The van der Waals surface area contributed by atoms with E-state index in [1.54, 1.807) is 0 Å². The van der Waals surface area contributed by atoms with Crippen molar-refractivity contribution in [3.05, 3.63) is 70.9 Å². The summed E-state index contributed by atoms with van der Waals surface area (Å²) in [7, 11) is 0. The summed E-state index contributed by atoms with van der Waals surface area (Å²) in [5, 5.41) is 4.90. The number of halogens is 1. The maximum atomic E-state index is 12.5. The van der Waals surface area contributed by atoms with E-state index >= 15 is 0 Å². The highest BCUT2D eigenvalue weighted by atomic mass is 35.5. The maximum Gasteiger partial charge on any atom is 0.220 e. The van der Waals surface area contributed by atoms with E-state index in [2.05, 4.69) is 60.3 Å². The summed E-state index contributed by atoms with van der Waals surface area (Å²) in [4.78, 5) is 12.5. The lowest BCUT2D eigenvalue weighted by molar-refractivity contribution is -0.121. The Morgan fingerprint density at radius 3 is 2.69 bits per heavy atom. The fourth-order valence-corrected chi connectivity index (χ4v) is 3.67. The van der Waals surface area contributed by atoms with Crippen molar-refractivity contribution in [2.24, 2.45) is 0 Å². The maximum absolute atomic E-state index is 12.5. The minimum absolute atomic E-state index is 0.0248. The van der Waals surface area contributed by atoms with Gasteiger partial charge in [-0.2, -0.15) is 0 Å². The molecular formula is C22H25ClN2O. The molecule has 3 aromatic rings. The predicted molar refractivity (Wildman–Crippen MR) is 109 cm³/mol. The number of nitrogens with one attached hydrogen (secondary N) is 1. The van der Waals surface area contributed by atoms with Gasteiger partial charge in [-0.3, -0.25) is 4.79 Å². The van der Waals surface area contributed by atoms with Gasteiger partial charge in [-0.15, -0.1) is 0 Å². The van der Waals surface area contributed by atoms with E-state index in [1.807, 2.05) is 18.2 Å². The quantitative estimate of drug-likeness (QED) is 0.598. The van der Waals surface area contributed by atoms with E-state index in [-0.39, 0.29) is 11.8 Å². The molecule has 0 fully saturated rings. The number of hydrogen-bond donors (Lipinski definition) is 1. The highest BCUT2D eigenvalue weighted by Crippen LogP contribution is 2.35. The number of hydrogen-bond acceptors (Lipinski definition) is 1. The topological polar surface area (TPSA) is 34.0 Å². The first-order chi connectivity index (χ1) is 12.6. The second-order valence-electron chi connectivity index (χ2n) is 6.55. The van der Waals surface area contributed by atoms with Crippen molar-refractivity contribution in [3.8, 4) is 0 Å². The first-order valence-corrected chi connectivity index (χ1v) is 9.61. The molecule has 1 heterocycles. The minimum Gasteiger partial charge on any atom is -0.356 e. The van der Waals surface area contributed by atoms with Gasteiger partial charge in [0.15, 0.2) is 0 Å². The molecule has 0 saturated heterocycles. The van der Waals surface area contributed by atoms with Crippen molar-refractivity contribution in [3.63, 3.8) is 0 Å². The van der Waals surface area contributed by atoms with Crippen molar-refractivity contribution in [1.29, 1.82) is 0 Å². The number of carbonyl (C=O) groups excluding carboxylic acids is 1. The van der Waals surface area contributed by atoms with Crippen LogP contribution in [0.3, 0.4) is 0 Å². The molecular weight excluding hydrogens is 344 g/mol. The second-order valence-corrected chi connectivity index (χ2v) is 6.99. The van der Waals surface area contributed by atoms with Gasteiger partial charge in [0.1, 0.15) is 0 Å². The molecule has 0 aliphatic heterocycles. The zero-order valence-corrected chi connectivity index (χ0v) is 16.1. The number of benzene rings is 2. The van der Waals surface area contributed by atoms with E-state index in [9.17, 15) is 4.79 Å². The van der Waals surface area contributed by atoms with Crippen LogP contribution in [0.1, 0.15) is 43.7 Å². The molecule has 0 spiro atoms. The summed E-state index contributed by atoms with van der Waals surface area (Å²) in [5.74, 6) is 0.0495. The molecule has 3 rings (SSSR count). The molecule has 3 nitrogen and oxygen atoms in total. The molecule has 0 bridgehead atoms. The zero-order valence-electron chi connectivity index (χ0n) is 15.3. The molecule has 1 unspecified atom stereocenters. The number of fused-ring (bicyclic) bond motifs is 1. The van der Waals surface area contributed by atoms with Crippen LogP contribution in [0.25, 0.3) is 10.9 Å². The first kappa shape index (κ1) is 18.5. The van der Waals surface area contributed by atoms with Crippen molar-refractivity contribution in [2.45, 2.75) is 39.2 Å². The molecule has 0 saturated carbocycles. The van der Waals surface area contributed by atoms with Crippen LogP contribution in [-0.4, -0.2) is 17.0 Å². The van der Waals surface area contributed by atoms with E-state index in [1.165, 1.54) is 16.5 Å². The Morgan fingerprint density at radius 2 is 1.96 bits per heavy atom. The van der Waals surface area contributed by atoms with Crippen LogP contribution in [0.5, 0.6) is 0 Å². The van der Waals surface area contributed by atoms with Gasteiger partial charge in [0.2, 0.25) is 5.91 Å². The summed E-state index contributed by atoms with van der Waals surface area (Å²) in [6.45, 7) is 5.80. The number of para-hydroxylation sites is 1. The Labute approximate surface area is 160 Å². The molecule has 136 valence electrons. The number of aromatic nitrogens is 1. The average molecular weight is 369 g/mol. The zero-order chi connectivity index (χ0) is 18.5. The molecule has 4 heteroatoms. The Bertz CT molecular complexity index is 900. The number of carbonyl (C=O) groups is 1. The molecule has 1 aromatic heterocycles. The van der Waals surface area contributed by atoms with Crippen LogP contribution in [0.2, 0.25) is 5.02 Å². The fraction of sp³-hybridized carbons (Fsp3) is 0.318. The number of aryl methyl sites for hydroxylation is 1. The minimum atomic E-state index is -0.0248. The van der Waals surface area contributed by atoms with E-state index < -0.39 is 0 Å². The Kier molecular flexibility index (Phi) is 6.00. The van der Waals surface area contributed by atoms with Gasteiger partial charge >= 0.3 is 0 Å². The molecule has 1 N–H and O–H groups in total. The third-order valence-electron chi connectivity index (χ3n) is 4.75. The summed E-state index contributed by atoms with van der Waals surface area (Å²) < 4.78 is 2.24. The van der Waals surface area contributed by atoms with Gasteiger partial charge in [-0.05, 0) is 42.7 Å². The predicted octanol–water partition coefficient (Wildman–Crippen LogP) is 5.36. The molecule has 26 heavy (non-hydrogen) atoms. The first-order valence-electron chi connectivity index (χ1n) is 9.24. The van der Waals surface area contributed by atoms with Gasteiger partial charge in [-0.1, -0.05) is 48.9 Å². The molecule has 0 aliphatic rings. The Balaban J connectivity index is 2.07. The highest BCUT2D eigenvalue weighted by Gasteiger charge is 2.22. The SMILES string of the molecule is CCCNC(=O)CC(c1cccc(Cl)c1)c1cn(CC)c2ccccc12. The van der Waals surface area contributed by atoms with Gasteiger partial charge in [0.25, 0.3) is 0 Å². The monoisotopic (exact) mass is 368 g/mol. The number of amides is 1. The molecule has 2 aromatic carbocycles. The van der Waals surface area contributed by atoms with Crippen LogP contribution < -0.4 is 5.32 Å². The van der Waals surface area contributed by atoms with E-state index in [0.717, 1.165) is 18.5 Å². The standard InChI is InChI=1S/C22H25ClN2O/c1-3-12-24-22(26)14-19(16-8-7-9-17(23)13-16)20-15-25(4-2)21-11-6-5-10-18(20)21/h5-11,13,15,19H,3-4,12,14H2,1-2H3,(H,24,26). The Morgan fingerprint density at radius 1 is 1.15 bits per heavy atom. The van der Waals surface area contributed by atoms with Crippen LogP contribution in [0.15, 0.2) is 54.7 Å². The lowest BCUT2D eigenvalue weighted by atomic mass is 9.88. The van der Waals surface area contributed by atoms with Crippen molar-refractivity contribution < 1.29 is 4.79 Å². The van der Waals surface area contributed by atoms with Crippen molar-refractivity contribution >= 4 is 28.4 Å². The highest BCUT2D eigenvalue weighted by molar-refractivity contribution is 6.30. The molecule has 0 radical (unpaired) electrons. The van der Waals surface area contributed by atoms with Gasteiger partial charge in [0.05, 0.1) is 0 Å². The van der Waals surface area contributed by atoms with Crippen LogP contribution >= 0.6 is 11.6 Å². The number of nitrogens with zero attached hydrogens (tertiary/aromatic N) is 1. The van der Waals surface area contributed by atoms with Crippen LogP contribution in [-0.2, 0) is 11.3 Å². The lowest BCUT2D eigenvalue weighted by Crippen LogP contribution is -2.26. The van der Waals surface area contributed by atoms with Crippen molar-refractivity contribution in [1.82, 2.24) is 9.88 Å². The summed E-state index contributed by atoms with van der Waals surface area (Å²) in [6, 6.07) is 16.2. The van der Waals surface area contributed by atoms with E-state index in [4.69, 9.17) is 11.6 Å². The average Bonchev–Trinajstić information content (AvgIpc) is 3.03. The third kappa shape index (κ3) is 3.94. The molecule has 1 amide bonds. The Hall–Kier alpha value is -2.26. The van der Waals surface area contributed by atoms with Crippen LogP contribution in [0.4, 0.5) is 0 Å². The lowest BCUT2D eigenvalue weighted by Gasteiger charge is -2.17. The smallest absolute Gasteiger partial charge is 0.220 e. The summed E-state index contributed by atoms with van der Waals surface area (Å²) in [6.07, 6.45) is 3.53. The van der Waals surface area contributed by atoms with E-state index in [0.29, 0.717) is 18.0 Å². The van der Waals surface area contributed by atoms with Crippen molar-refractivity contribution in [2.75, 3.05) is 6.54 Å². The normalized spacial score (nSPS) is 12.3. The van der Waals surface area contributed by atoms with Gasteiger partial charge < -0.3 is 9.88 Å². The summed E-state index contributed by atoms with van der Waals surface area (Å²) in [5.41, 5.74) is 3.45. The van der Waals surface area contributed by atoms with Gasteiger partial charge in [0, 0.05) is 47.6 Å². The summed E-state index contributed by atoms with van der Waals surface area (Å²) >= 11 is 6.24. The molecule has 0 aliphatic carbocycles. The fourth-order valence-electron chi connectivity index (χ4n) is 3.47.